The molecule has 0 spiro atoms. The molecule has 0 saturated carbocycles. The lowest BCUT2D eigenvalue weighted by molar-refractivity contribution is -0.124. The van der Waals surface area contributed by atoms with Crippen molar-refractivity contribution in [1.82, 2.24) is 15.1 Å². The molecule has 0 atom stereocenters. The van der Waals surface area contributed by atoms with Crippen LogP contribution in [0.4, 0.5) is 0 Å². The second-order valence-electron chi connectivity index (χ2n) is 4.84. The van der Waals surface area contributed by atoms with E-state index in [0.717, 1.165) is 12.1 Å². The van der Waals surface area contributed by atoms with E-state index in [2.05, 4.69) is 16.5 Å². The van der Waals surface area contributed by atoms with E-state index in [-0.39, 0.29) is 11.8 Å². The van der Waals surface area contributed by atoms with Crippen LogP contribution in [0.15, 0.2) is 42.7 Å². The Morgan fingerprint density at radius 1 is 1.26 bits per heavy atom. The Kier molecular flexibility index (Phi) is 4.34. The minimum Gasteiger partial charge on any atom is -0.352 e. The van der Waals surface area contributed by atoms with Crippen LogP contribution < -0.4 is 5.32 Å². The Morgan fingerprint density at radius 3 is 2.63 bits per heavy atom. The summed E-state index contributed by atoms with van der Waals surface area (Å²) in [5.41, 5.74) is 2.31. The van der Waals surface area contributed by atoms with Crippen LogP contribution in [-0.2, 0) is 17.9 Å². The van der Waals surface area contributed by atoms with Gasteiger partial charge in [-0.3, -0.25) is 9.48 Å². The van der Waals surface area contributed by atoms with E-state index in [0.29, 0.717) is 6.54 Å². The molecule has 1 aromatic carbocycles. The third-order valence-corrected chi connectivity index (χ3v) is 2.99. The lowest BCUT2D eigenvalue weighted by Gasteiger charge is -2.12. The van der Waals surface area contributed by atoms with E-state index < -0.39 is 0 Å². The van der Waals surface area contributed by atoms with Gasteiger partial charge in [-0.05, 0) is 17.2 Å². The van der Waals surface area contributed by atoms with Crippen LogP contribution in [0.5, 0.6) is 0 Å². The van der Waals surface area contributed by atoms with E-state index >= 15 is 0 Å². The van der Waals surface area contributed by atoms with Gasteiger partial charge >= 0.3 is 0 Å². The summed E-state index contributed by atoms with van der Waals surface area (Å²) in [5, 5.41) is 7.16. The quantitative estimate of drug-likeness (QED) is 0.892. The Balaban J connectivity index is 2.06. The van der Waals surface area contributed by atoms with Gasteiger partial charge in [0.2, 0.25) is 5.91 Å². The van der Waals surface area contributed by atoms with E-state index in [1.54, 1.807) is 6.20 Å². The zero-order chi connectivity index (χ0) is 13.7. The molecule has 19 heavy (non-hydrogen) atoms. The predicted octanol–water partition coefficient (Wildman–Crippen LogP) is 2.20. The van der Waals surface area contributed by atoms with Gasteiger partial charge < -0.3 is 5.32 Å². The molecular weight excluding hydrogens is 238 g/mol. The highest BCUT2D eigenvalue weighted by atomic mass is 16.1. The highest BCUT2D eigenvalue weighted by Gasteiger charge is 2.08. The largest absolute Gasteiger partial charge is 0.352 e. The second kappa shape index (κ2) is 6.18. The summed E-state index contributed by atoms with van der Waals surface area (Å²) in [7, 11) is 0. The number of carbonyl (C=O) groups excluding carboxylic acids is 1. The van der Waals surface area contributed by atoms with Crippen molar-refractivity contribution in [3.05, 3.63) is 53.9 Å². The number of carbonyl (C=O) groups is 1. The molecule has 0 radical (unpaired) electrons. The molecule has 0 unspecified atom stereocenters. The lowest BCUT2D eigenvalue weighted by Crippen LogP contribution is -2.27. The summed E-state index contributed by atoms with van der Waals surface area (Å²) in [6.07, 6.45) is 3.70. The Bertz CT molecular complexity index is 532. The molecule has 100 valence electrons. The molecule has 1 N–H and O–H groups in total. The molecule has 0 aliphatic carbocycles. The van der Waals surface area contributed by atoms with Crippen LogP contribution in [0.2, 0.25) is 0 Å². The molecule has 1 aromatic heterocycles. The van der Waals surface area contributed by atoms with Gasteiger partial charge in [-0.15, -0.1) is 0 Å². The molecule has 0 aliphatic rings. The fourth-order valence-corrected chi connectivity index (χ4v) is 1.84. The Morgan fingerprint density at radius 2 is 2.00 bits per heavy atom. The monoisotopic (exact) mass is 257 g/mol. The lowest BCUT2D eigenvalue weighted by atomic mass is 10.1. The van der Waals surface area contributed by atoms with Crippen molar-refractivity contribution in [2.24, 2.45) is 5.92 Å². The number of aromatic nitrogens is 2. The smallest absolute Gasteiger partial charge is 0.222 e. The topological polar surface area (TPSA) is 46.9 Å². The van der Waals surface area contributed by atoms with E-state index in [1.165, 1.54) is 5.56 Å². The van der Waals surface area contributed by atoms with Gasteiger partial charge in [0.1, 0.15) is 0 Å². The SMILES string of the molecule is CC(C)C(=O)NCc1ccccc1Cn1cccn1. The van der Waals surface area contributed by atoms with Gasteiger partial charge in [-0.25, -0.2) is 0 Å². The van der Waals surface area contributed by atoms with Crippen LogP contribution >= 0.6 is 0 Å². The van der Waals surface area contributed by atoms with Crippen LogP contribution in [-0.4, -0.2) is 15.7 Å². The molecule has 0 saturated heterocycles. The summed E-state index contributed by atoms with van der Waals surface area (Å²) in [4.78, 5) is 11.6. The number of hydrogen-bond donors (Lipinski definition) is 1. The van der Waals surface area contributed by atoms with Crippen LogP contribution in [0, 0.1) is 5.92 Å². The van der Waals surface area contributed by atoms with E-state index in [4.69, 9.17) is 0 Å². The number of hydrogen-bond acceptors (Lipinski definition) is 2. The predicted molar refractivity (Wildman–Crippen MR) is 74.5 cm³/mol. The molecule has 0 fully saturated rings. The van der Waals surface area contributed by atoms with Crippen LogP contribution in [0.3, 0.4) is 0 Å². The van der Waals surface area contributed by atoms with E-state index in [1.807, 2.05) is 49.0 Å². The Labute approximate surface area is 113 Å². The number of benzene rings is 1. The van der Waals surface area contributed by atoms with Crippen molar-refractivity contribution in [2.75, 3.05) is 0 Å². The number of nitrogens with one attached hydrogen (secondary N) is 1. The first-order valence-corrected chi connectivity index (χ1v) is 6.48. The van der Waals surface area contributed by atoms with E-state index in [9.17, 15) is 4.79 Å². The van der Waals surface area contributed by atoms with Crippen molar-refractivity contribution in [3.8, 4) is 0 Å². The maximum absolute atomic E-state index is 11.6. The third-order valence-electron chi connectivity index (χ3n) is 2.99. The molecule has 4 heteroatoms. The molecule has 1 amide bonds. The molecule has 4 nitrogen and oxygen atoms in total. The number of amides is 1. The molecule has 0 bridgehead atoms. The van der Waals surface area contributed by atoms with Crippen LogP contribution in [0.25, 0.3) is 0 Å². The molecule has 2 aromatic rings. The van der Waals surface area contributed by atoms with Gasteiger partial charge in [-0.2, -0.15) is 5.10 Å². The molecule has 0 aliphatic heterocycles. The first-order chi connectivity index (χ1) is 9.16. The summed E-state index contributed by atoms with van der Waals surface area (Å²) in [5.74, 6) is 0.0900. The summed E-state index contributed by atoms with van der Waals surface area (Å²) < 4.78 is 1.88. The first-order valence-electron chi connectivity index (χ1n) is 6.48. The minimum absolute atomic E-state index is 0.0123. The van der Waals surface area contributed by atoms with Gasteiger partial charge in [0.15, 0.2) is 0 Å². The van der Waals surface area contributed by atoms with Crippen LogP contribution in [0.1, 0.15) is 25.0 Å². The fourth-order valence-electron chi connectivity index (χ4n) is 1.84. The van der Waals surface area contributed by atoms with Gasteiger partial charge in [0, 0.05) is 24.9 Å². The Hall–Kier alpha value is -2.10. The summed E-state index contributed by atoms with van der Waals surface area (Å²) in [6, 6.07) is 10.0. The first kappa shape index (κ1) is 13.3. The van der Waals surface area contributed by atoms with Gasteiger partial charge in [0.25, 0.3) is 0 Å². The standard InChI is InChI=1S/C15H19N3O/c1-12(2)15(19)16-10-13-6-3-4-7-14(13)11-18-9-5-8-17-18/h3-9,12H,10-11H2,1-2H3,(H,16,19). The zero-order valence-corrected chi connectivity index (χ0v) is 11.3. The summed E-state index contributed by atoms with van der Waals surface area (Å²) in [6.45, 7) is 5.07. The molecular formula is C15H19N3O. The maximum Gasteiger partial charge on any atom is 0.222 e. The van der Waals surface area contributed by atoms with Crippen molar-refractivity contribution in [1.29, 1.82) is 0 Å². The third kappa shape index (κ3) is 3.68. The minimum atomic E-state index is 0.0123. The maximum atomic E-state index is 11.6. The number of rotatable bonds is 5. The highest BCUT2D eigenvalue weighted by Crippen LogP contribution is 2.10. The van der Waals surface area contributed by atoms with Crippen molar-refractivity contribution < 1.29 is 4.79 Å². The number of nitrogens with zero attached hydrogens (tertiary/aromatic N) is 2. The second-order valence-corrected chi connectivity index (χ2v) is 4.84. The fraction of sp³-hybridized carbons (Fsp3) is 0.333. The average Bonchev–Trinajstić information content (AvgIpc) is 2.90. The highest BCUT2D eigenvalue weighted by molar-refractivity contribution is 5.77. The molecule has 2 rings (SSSR count). The average molecular weight is 257 g/mol. The van der Waals surface area contributed by atoms with Crippen molar-refractivity contribution >= 4 is 5.91 Å². The zero-order valence-electron chi connectivity index (χ0n) is 11.3. The normalized spacial score (nSPS) is 10.7. The molecule has 1 heterocycles. The van der Waals surface area contributed by atoms with Crippen molar-refractivity contribution in [3.63, 3.8) is 0 Å². The van der Waals surface area contributed by atoms with Gasteiger partial charge in [0.05, 0.1) is 6.54 Å². The van der Waals surface area contributed by atoms with Crippen molar-refractivity contribution in [2.45, 2.75) is 26.9 Å². The summed E-state index contributed by atoms with van der Waals surface area (Å²) >= 11 is 0. The van der Waals surface area contributed by atoms with Gasteiger partial charge in [-0.1, -0.05) is 38.1 Å².